The quantitative estimate of drug-likeness (QED) is 0.438. The summed E-state index contributed by atoms with van der Waals surface area (Å²) >= 11 is 18.0. The molecule has 2 aromatic rings. The number of nitrogens with two attached hydrogens (primary N) is 1. The lowest BCUT2D eigenvalue weighted by Crippen LogP contribution is -2.45. The molecule has 15 heteroatoms. The minimum absolute atomic E-state index is 0.00911. The summed E-state index contributed by atoms with van der Waals surface area (Å²) in [7, 11) is -1.73. The number of benzene rings is 1. The van der Waals surface area contributed by atoms with Crippen molar-refractivity contribution >= 4 is 56.7 Å². The molecule has 1 aromatic heterocycles. The lowest BCUT2D eigenvalue weighted by molar-refractivity contribution is -0.140. The van der Waals surface area contributed by atoms with Gasteiger partial charge in [0.25, 0.3) is 10.1 Å². The molecule has 0 bridgehead atoms. The van der Waals surface area contributed by atoms with Gasteiger partial charge in [0, 0.05) is 36.8 Å². The van der Waals surface area contributed by atoms with Crippen molar-refractivity contribution in [2.75, 3.05) is 50.1 Å². The third-order valence-corrected chi connectivity index (χ3v) is 5.26. The standard InChI is InChI=1S/C16H15Cl3F3N5.CH4O3S/c1-26-2-4-27(5-3-26)15-24-13(16(20,21)22)11(14(23)25-15)9-6-8(17)7-10(18)12(9)19;1-5(2,3)4/h6-7H,2-5H2,1H3,(H2,23,24,25);1H3,(H,2,3,4). The Kier molecular flexibility index (Phi) is 8.46. The van der Waals surface area contributed by atoms with Gasteiger partial charge in [-0.1, -0.05) is 34.8 Å². The fraction of sp³-hybridized carbons (Fsp3) is 0.412. The highest BCUT2D eigenvalue weighted by Crippen LogP contribution is 2.44. The number of anilines is 2. The molecular weight excluding hydrogens is 518 g/mol. The molecule has 32 heavy (non-hydrogen) atoms. The van der Waals surface area contributed by atoms with Crippen molar-refractivity contribution in [1.82, 2.24) is 14.9 Å². The van der Waals surface area contributed by atoms with Crippen molar-refractivity contribution in [1.29, 1.82) is 0 Å². The average Bonchev–Trinajstić information content (AvgIpc) is 2.63. The van der Waals surface area contributed by atoms with Crippen LogP contribution in [0.15, 0.2) is 12.1 Å². The van der Waals surface area contributed by atoms with Crippen molar-refractivity contribution in [3.8, 4) is 11.1 Å². The molecule has 0 unspecified atom stereocenters. The van der Waals surface area contributed by atoms with Crippen LogP contribution < -0.4 is 10.6 Å². The van der Waals surface area contributed by atoms with Gasteiger partial charge >= 0.3 is 6.18 Å². The summed E-state index contributed by atoms with van der Waals surface area (Å²) < 4.78 is 67.2. The zero-order valence-corrected chi connectivity index (χ0v) is 19.9. The number of alkyl halides is 3. The maximum atomic E-state index is 13.8. The topological polar surface area (TPSA) is 113 Å². The molecule has 0 spiro atoms. The van der Waals surface area contributed by atoms with Crippen LogP contribution in [0, 0.1) is 0 Å². The van der Waals surface area contributed by atoms with Crippen molar-refractivity contribution in [2.45, 2.75) is 6.18 Å². The van der Waals surface area contributed by atoms with E-state index in [9.17, 15) is 21.6 Å². The van der Waals surface area contributed by atoms with Gasteiger partial charge < -0.3 is 15.5 Å². The van der Waals surface area contributed by atoms with Gasteiger partial charge in [0.15, 0.2) is 5.69 Å². The number of nitrogens with zero attached hydrogens (tertiary/aromatic N) is 4. The zero-order chi connectivity index (χ0) is 24.4. The summed E-state index contributed by atoms with van der Waals surface area (Å²) in [6.45, 7) is 2.36. The zero-order valence-electron chi connectivity index (χ0n) is 16.8. The van der Waals surface area contributed by atoms with Gasteiger partial charge in [-0.15, -0.1) is 0 Å². The van der Waals surface area contributed by atoms with E-state index in [1.165, 1.54) is 12.1 Å². The van der Waals surface area contributed by atoms with Gasteiger partial charge in [-0.3, -0.25) is 4.55 Å². The Hall–Kier alpha value is -1.57. The second-order valence-electron chi connectivity index (χ2n) is 6.90. The van der Waals surface area contributed by atoms with Crippen molar-refractivity contribution in [2.24, 2.45) is 0 Å². The summed E-state index contributed by atoms with van der Waals surface area (Å²) in [5, 5.41) is 0.0270. The van der Waals surface area contributed by atoms with Crippen LogP contribution in [0.3, 0.4) is 0 Å². The largest absolute Gasteiger partial charge is 0.434 e. The van der Waals surface area contributed by atoms with Crippen LogP contribution >= 0.6 is 34.8 Å². The maximum absolute atomic E-state index is 13.8. The predicted molar refractivity (Wildman–Crippen MR) is 119 cm³/mol. The predicted octanol–water partition coefficient (Wildman–Crippen LogP) is 3.96. The van der Waals surface area contributed by atoms with Gasteiger partial charge in [-0.25, -0.2) is 4.98 Å². The molecule has 1 aliphatic rings. The Morgan fingerprint density at radius 3 is 2.12 bits per heavy atom. The molecule has 0 aliphatic carbocycles. The normalized spacial score (nSPS) is 15.3. The van der Waals surface area contributed by atoms with E-state index in [1.54, 1.807) is 4.90 Å². The number of hydrogen-bond acceptors (Lipinski definition) is 7. The van der Waals surface area contributed by atoms with Crippen molar-refractivity contribution < 1.29 is 26.1 Å². The van der Waals surface area contributed by atoms with Crippen LogP contribution in [0.25, 0.3) is 11.1 Å². The van der Waals surface area contributed by atoms with E-state index in [0.29, 0.717) is 32.4 Å². The Bertz CT molecular complexity index is 1090. The van der Waals surface area contributed by atoms with Gasteiger partial charge in [-0.2, -0.15) is 26.6 Å². The van der Waals surface area contributed by atoms with Crippen molar-refractivity contribution in [3.63, 3.8) is 0 Å². The summed E-state index contributed by atoms with van der Waals surface area (Å²) in [4.78, 5) is 11.6. The smallest absolute Gasteiger partial charge is 0.383 e. The summed E-state index contributed by atoms with van der Waals surface area (Å²) in [6.07, 6.45) is -4.06. The van der Waals surface area contributed by atoms with Crippen molar-refractivity contribution in [3.05, 3.63) is 32.9 Å². The second kappa shape index (κ2) is 10.1. The molecule has 0 radical (unpaired) electrons. The summed E-state index contributed by atoms with van der Waals surface area (Å²) in [5.74, 6) is -0.410. The maximum Gasteiger partial charge on any atom is 0.434 e. The third-order valence-electron chi connectivity index (χ3n) is 4.24. The highest BCUT2D eigenvalue weighted by molar-refractivity contribution is 7.85. The highest BCUT2D eigenvalue weighted by atomic mass is 35.5. The van der Waals surface area contributed by atoms with Crippen LogP contribution in [-0.2, 0) is 16.3 Å². The van der Waals surface area contributed by atoms with Crippen LogP contribution in [-0.4, -0.2) is 67.3 Å². The lowest BCUT2D eigenvalue weighted by Gasteiger charge is -2.33. The van der Waals surface area contributed by atoms with E-state index in [1.807, 2.05) is 7.05 Å². The number of hydrogen-bond donors (Lipinski definition) is 2. The Labute approximate surface area is 197 Å². The number of rotatable bonds is 2. The fourth-order valence-electron chi connectivity index (χ4n) is 2.82. The first-order chi connectivity index (χ1) is 14.6. The molecule has 0 atom stereocenters. The van der Waals surface area contributed by atoms with E-state index in [0.717, 1.165) is 0 Å². The van der Waals surface area contributed by atoms with Gasteiger partial charge in [0.1, 0.15) is 5.82 Å². The monoisotopic (exact) mass is 535 g/mol. The average molecular weight is 537 g/mol. The molecule has 0 saturated carbocycles. The van der Waals surface area contributed by atoms with Gasteiger partial charge in [0.2, 0.25) is 5.95 Å². The fourth-order valence-corrected chi connectivity index (χ4v) is 3.52. The van der Waals surface area contributed by atoms with Gasteiger partial charge in [0.05, 0.1) is 21.9 Å². The Morgan fingerprint density at radius 1 is 1.09 bits per heavy atom. The summed E-state index contributed by atoms with van der Waals surface area (Å²) in [5.41, 5.74) is 4.24. The van der Waals surface area contributed by atoms with Crippen LogP contribution in [0.1, 0.15) is 5.69 Å². The first-order valence-electron chi connectivity index (χ1n) is 8.83. The number of piperazine rings is 1. The second-order valence-corrected chi connectivity index (χ2v) is 9.59. The molecule has 3 N–H and O–H groups in total. The molecule has 1 aliphatic heterocycles. The van der Waals surface area contributed by atoms with E-state index >= 15 is 0 Å². The number of nitrogen functional groups attached to an aromatic ring is 1. The molecule has 178 valence electrons. The number of likely N-dealkylation sites (N-methyl/N-ethyl adjacent to an activating group) is 1. The molecule has 3 rings (SSSR count). The van der Waals surface area contributed by atoms with Gasteiger partial charge in [-0.05, 0) is 19.2 Å². The lowest BCUT2D eigenvalue weighted by atomic mass is 10.0. The number of halogens is 6. The van der Waals surface area contributed by atoms with E-state index < -0.39 is 27.6 Å². The molecule has 8 nitrogen and oxygen atoms in total. The molecule has 0 amide bonds. The molecule has 1 aromatic carbocycles. The van der Waals surface area contributed by atoms with E-state index in [-0.39, 0.29) is 32.4 Å². The Morgan fingerprint density at radius 2 is 1.62 bits per heavy atom. The first-order valence-corrected chi connectivity index (χ1v) is 11.8. The minimum atomic E-state index is -4.77. The Balaban J connectivity index is 0.000000654. The van der Waals surface area contributed by atoms with Crippen LogP contribution in [0.5, 0.6) is 0 Å². The van der Waals surface area contributed by atoms with Crippen LogP contribution in [0.4, 0.5) is 24.9 Å². The number of aromatic nitrogens is 2. The SMILES string of the molecule is CN1CCN(c2nc(N)c(-c3cc(Cl)cc(Cl)c3Cl)c(C(F)(F)F)n2)CC1.CS(=O)(=O)O. The molecule has 2 heterocycles. The van der Waals surface area contributed by atoms with Crippen LogP contribution in [0.2, 0.25) is 15.1 Å². The third kappa shape index (κ3) is 7.22. The summed E-state index contributed by atoms with van der Waals surface area (Å²) in [6, 6.07) is 2.59. The molecular formula is C17H19Cl3F3N5O3S. The van der Waals surface area contributed by atoms with E-state index in [4.69, 9.17) is 45.1 Å². The molecule has 1 fully saturated rings. The van der Waals surface area contributed by atoms with E-state index in [2.05, 4.69) is 14.9 Å². The minimum Gasteiger partial charge on any atom is -0.383 e. The highest BCUT2D eigenvalue weighted by Gasteiger charge is 2.39. The molecule has 1 saturated heterocycles. The first kappa shape index (κ1) is 26.7.